The van der Waals surface area contributed by atoms with Crippen LogP contribution in [0, 0.1) is 24.1 Å². The summed E-state index contributed by atoms with van der Waals surface area (Å²) in [6, 6.07) is 15.0. The van der Waals surface area contributed by atoms with Crippen LogP contribution in [-0.2, 0) is 0 Å². The standard InChI is InChI=1S/C16H11FN2/c1-10-6-12(7-14(17)13(10)9-18)16-8-11-4-2-3-5-15(11)19-16/h2-8,19H,1H3. The van der Waals surface area contributed by atoms with E-state index in [0.717, 1.165) is 22.2 Å². The highest BCUT2D eigenvalue weighted by molar-refractivity contribution is 5.85. The molecule has 2 nitrogen and oxygen atoms in total. The van der Waals surface area contributed by atoms with Crippen molar-refractivity contribution >= 4 is 10.9 Å². The summed E-state index contributed by atoms with van der Waals surface area (Å²) in [5.74, 6) is -0.476. The fourth-order valence-corrected chi connectivity index (χ4v) is 2.27. The van der Waals surface area contributed by atoms with Gasteiger partial charge in [-0.1, -0.05) is 18.2 Å². The molecule has 92 valence electrons. The van der Waals surface area contributed by atoms with E-state index in [1.165, 1.54) is 6.07 Å². The Morgan fingerprint density at radius 1 is 1.16 bits per heavy atom. The summed E-state index contributed by atoms with van der Waals surface area (Å²) in [6.07, 6.45) is 0. The van der Waals surface area contributed by atoms with E-state index in [1.54, 1.807) is 6.92 Å². The zero-order chi connectivity index (χ0) is 13.4. The summed E-state index contributed by atoms with van der Waals surface area (Å²) in [7, 11) is 0. The van der Waals surface area contributed by atoms with Crippen LogP contribution in [0.5, 0.6) is 0 Å². The van der Waals surface area contributed by atoms with Crippen LogP contribution in [0.25, 0.3) is 22.2 Å². The van der Waals surface area contributed by atoms with E-state index in [-0.39, 0.29) is 5.56 Å². The van der Waals surface area contributed by atoms with Gasteiger partial charge in [-0.25, -0.2) is 4.39 Å². The minimum atomic E-state index is -0.476. The molecular weight excluding hydrogens is 239 g/mol. The largest absolute Gasteiger partial charge is 0.355 e. The van der Waals surface area contributed by atoms with E-state index in [9.17, 15) is 4.39 Å². The van der Waals surface area contributed by atoms with Gasteiger partial charge in [-0.05, 0) is 36.8 Å². The summed E-state index contributed by atoms with van der Waals surface area (Å²) in [5, 5.41) is 9.96. The third-order valence-corrected chi connectivity index (χ3v) is 3.24. The Labute approximate surface area is 110 Å². The molecule has 0 saturated carbocycles. The molecule has 3 aromatic rings. The number of nitrogens with one attached hydrogen (secondary N) is 1. The number of hydrogen-bond donors (Lipinski definition) is 1. The van der Waals surface area contributed by atoms with Crippen LogP contribution in [-0.4, -0.2) is 4.98 Å². The van der Waals surface area contributed by atoms with Crippen molar-refractivity contribution in [2.45, 2.75) is 6.92 Å². The van der Waals surface area contributed by atoms with Crippen LogP contribution >= 0.6 is 0 Å². The lowest BCUT2D eigenvalue weighted by Gasteiger charge is -2.03. The number of H-pyrrole nitrogens is 1. The van der Waals surface area contributed by atoms with E-state index in [0.29, 0.717) is 5.56 Å². The summed E-state index contributed by atoms with van der Waals surface area (Å²) in [5.41, 5.74) is 3.38. The van der Waals surface area contributed by atoms with Crippen molar-refractivity contribution in [3.63, 3.8) is 0 Å². The average Bonchev–Trinajstić information content (AvgIpc) is 2.82. The fraction of sp³-hybridized carbons (Fsp3) is 0.0625. The van der Waals surface area contributed by atoms with Gasteiger partial charge >= 0.3 is 0 Å². The van der Waals surface area contributed by atoms with Crippen molar-refractivity contribution in [3.8, 4) is 17.3 Å². The highest BCUT2D eigenvalue weighted by atomic mass is 19.1. The maximum atomic E-state index is 13.8. The summed E-state index contributed by atoms with van der Waals surface area (Å²) < 4.78 is 13.8. The normalized spacial score (nSPS) is 10.6. The van der Waals surface area contributed by atoms with Gasteiger partial charge in [-0.3, -0.25) is 0 Å². The summed E-state index contributed by atoms with van der Waals surface area (Å²) in [6.45, 7) is 1.74. The molecule has 2 aromatic carbocycles. The molecule has 0 aliphatic carbocycles. The van der Waals surface area contributed by atoms with Crippen LogP contribution in [0.2, 0.25) is 0 Å². The maximum Gasteiger partial charge on any atom is 0.141 e. The molecule has 1 N–H and O–H groups in total. The lowest BCUT2D eigenvalue weighted by atomic mass is 10.0. The topological polar surface area (TPSA) is 39.6 Å². The molecule has 0 amide bonds. The molecule has 0 radical (unpaired) electrons. The average molecular weight is 250 g/mol. The number of benzene rings is 2. The molecule has 0 atom stereocenters. The predicted molar refractivity (Wildman–Crippen MR) is 73.1 cm³/mol. The first-order valence-corrected chi connectivity index (χ1v) is 5.97. The number of aryl methyl sites for hydroxylation is 1. The van der Waals surface area contributed by atoms with Gasteiger partial charge in [0.2, 0.25) is 0 Å². The van der Waals surface area contributed by atoms with Crippen LogP contribution in [0.1, 0.15) is 11.1 Å². The van der Waals surface area contributed by atoms with Crippen LogP contribution < -0.4 is 0 Å². The Balaban J connectivity index is 2.19. The second kappa shape index (κ2) is 4.25. The minimum absolute atomic E-state index is 0.111. The van der Waals surface area contributed by atoms with Gasteiger partial charge in [-0.15, -0.1) is 0 Å². The van der Waals surface area contributed by atoms with Crippen molar-refractivity contribution in [1.82, 2.24) is 4.98 Å². The molecule has 0 spiro atoms. The Morgan fingerprint density at radius 2 is 1.95 bits per heavy atom. The third-order valence-electron chi connectivity index (χ3n) is 3.24. The Hall–Kier alpha value is -2.60. The number of aromatic nitrogens is 1. The van der Waals surface area contributed by atoms with Crippen molar-refractivity contribution in [1.29, 1.82) is 5.26 Å². The van der Waals surface area contributed by atoms with E-state index >= 15 is 0 Å². The zero-order valence-electron chi connectivity index (χ0n) is 10.4. The van der Waals surface area contributed by atoms with E-state index in [4.69, 9.17) is 5.26 Å². The second-order valence-electron chi connectivity index (χ2n) is 4.53. The smallest absolute Gasteiger partial charge is 0.141 e. The van der Waals surface area contributed by atoms with Crippen molar-refractivity contribution in [2.24, 2.45) is 0 Å². The number of hydrogen-bond acceptors (Lipinski definition) is 1. The molecule has 0 saturated heterocycles. The Morgan fingerprint density at radius 3 is 2.63 bits per heavy atom. The number of aromatic amines is 1. The zero-order valence-corrected chi connectivity index (χ0v) is 10.4. The van der Waals surface area contributed by atoms with Gasteiger partial charge in [-0.2, -0.15) is 5.26 Å². The van der Waals surface area contributed by atoms with Gasteiger partial charge in [0, 0.05) is 22.2 Å². The first-order valence-electron chi connectivity index (χ1n) is 5.97. The van der Waals surface area contributed by atoms with Gasteiger partial charge < -0.3 is 4.98 Å². The monoisotopic (exact) mass is 250 g/mol. The third kappa shape index (κ3) is 1.88. The molecule has 19 heavy (non-hydrogen) atoms. The number of nitriles is 1. The number of para-hydroxylation sites is 1. The van der Waals surface area contributed by atoms with Gasteiger partial charge in [0.05, 0.1) is 5.56 Å². The molecule has 3 rings (SSSR count). The molecule has 0 unspecified atom stereocenters. The summed E-state index contributed by atoms with van der Waals surface area (Å²) >= 11 is 0. The summed E-state index contributed by atoms with van der Waals surface area (Å²) in [4.78, 5) is 3.25. The van der Waals surface area contributed by atoms with Gasteiger partial charge in [0.25, 0.3) is 0 Å². The molecule has 0 aliphatic heterocycles. The molecule has 1 aromatic heterocycles. The molecular formula is C16H11FN2. The molecule has 0 fully saturated rings. The highest BCUT2D eigenvalue weighted by Gasteiger charge is 2.10. The first-order chi connectivity index (χ1) is 9.19. The number of fused-ring (bicyclic) bond motifs is 1. The fourth-order valence-electron chi connectivity index (χ4n) is 2.27. The van der Waals surface area contributed by atoms with E-state index in [1.807, 2.05) is 42.5 Å². The maximum absolute atomic E-state index is 13.8. The predicted octanol–water partition coefficient (Wildman–Crippen LogP) is 4.15. The van der Waals surface area contributed by atoms with Crippen molar-refractivity contribution < 1.29 is 4.39 Å². The van der Waals surface area contributed by atoms with Crippen molar-refractivity contribution in [2.75, 3.05) is 0 Å². The highest BCUT2D eigenvalue weighted by Crippen LogP contribution is 2.27. The molecule has 3 heteroatoms. The number of rotatable bonds is 1. The van der Waals surface area contributed by atoms with Crippen LogP contribution in [0.15, 0.2) is 42.5 Å². The van der Waals surface area contributed by atoms with Gasteiger partial charge in [0.1, 0.15) is 11.9 Å². The van der Waals surface area contributed by atoms with Crippen LogP contribution in [0.4, 0.5) is 4.39 Å². The van der Waals surface area contributed by atoms with Crippen molar-refractivity contribution in [3.05, 3.63) is 59.4 Å². The first kappa shape index (κ1) is 11.5. The van der Waals surface area contributed by atoms with Gasteiger partial charge in [0.15, 0.2) is 0 Å². The molecule has 1 heterocycles. The number of nitrogens with zero attached hydrogens (tertiary/aromatic N) is 1. The molecule has 0 bridgehead atoms. The SMILES string of the molecule is Cc1cc(-c2cc3ccccc3[nH]2)cc(F)c1C#N. The number of halogens is 1. The Bertz CT molecular complexity index is 753. The molecule has 0 aliphatic rings. The lowest BCUT2D eigenvalue weighted by molar-refractivity contribution is 0.623. The van der Waals surface area contributed by atoms with E-state index in [2.05, 4.69) is 4.98 Å². The van der Waals surface area contributed by atoms with E-state index < -0.39 is 5.82 Å². The lowest BCUT2D eigenvalue weighted by Crippen LogP contribution is -1.90. The quantitative estimate of drug-likeness (QED) is 0.692. The second-order valence-corrected chi connectivity index (χ2v) is 4.53. The Kier molecular flexibility index (Phi) is 2.57. The van der Waals surface area contributed by atoms with Crippen LogP contribution in [0.3, 0.4) is 0 Å². The minimum Gasteiger partial charge on any atom is -0.355 e.